The number of rotatable bonds is 6. The Labute approximate surface area is 114 Å². The molecule has 1 aliphatic rings. The lowest BCUT2D eigenvalue weighted by molar-refractivity contribution is 0.543. The van der Waals surface area contributed by atoms with Gasteiger partial charge in [-0.15, -0.1) is 0 Å². The van der Waals surface area contributed by atoms with Crippen molar-refractivity contribution >= 4 is 0 Å². The van der Waals surface area contributed by atoms with Gasteiger partial charge in [-0.1, -0.05) is 18.2 Å². The van der Waals surface area contributed by atoms with E-state index in [0.717, 1.165) is 26.1 Å². The lowest BCUT2D eigenvalue weighted by atomic mass is 10.1. The van der Waals surface area contributed by atoms with Gasteiger partial charge in [0.25, 0.3) is 0 Å². The van der Waals surface area contributed by atoms with Gasteiger partial charge in [0, 0.05) is 25.5 Å². The van der Waals surface area contributed by atoms with Gasteiger partial charge in [0.15, 0.2) is 0 Å². The Morgan fingerprint density at radius 1 is 1.21 bits per heavy atom. The Morgan fingerprint density at radius 3 is 3.05 bits per heavy atom. The van der Waals surface area contributed by atoms with Gasteiger partial charge in [0.2, 0.25) is 0 Å². The van der Waals surface area contributed by atoms with Gasteiger partial charge in [-0.3, -0.25) is 4.68 Å². The second-order valence-electron chi connectivity index (χ2n) is 5.26. The number of fused-ring (bicyclic) bond motifs is 1. The molecule has 0 bridgehead atoms. The van der Waals surface area contributed by atoms with Gasteiger partial charge < -0.3 is 5.32 Å². The molecule has 2 aromatic rings. The van der Waals surface area contributed by atoms with E-state index in [1.165, 1.54) is 24.8 Å². The predicted octanol–water partition coefficient (Wildman–Crippen LogP) is 2.55. The quantitative estimate of drug-likeness (QED) is 0.804. The van der Waals surface area contributed by atoms with Crippen molar-refractivity contribution in [3.05, 3.63) is 53.3 Å². The molecule has 19 heavy (non-hydrogen) atoms. The first kappa shape index (κ1) is 12.4. The molecular weight excluding hydrogens is 234 g/mol. The van der Waals surface area contributed by atoms with E-state index in [-0.39, 0.29) is 0 Å². The monoisotopic (exact) mass is 255 g/mol. The van der Waals surface area contributed by atoms with Crippen molar-refractivity contribution < 1.29 is 0 Å². The highest BCUT2D eigenvalue weighted by Gasteiger charge is 2.10. The fourth-order valence-corrected chi connectivity index (χ4v) is 2.77. The van der Waals surface area contributed by atoms with Crippen LogP contribution >= 0.6 is 0 Å². The molecule has 0 saturated carbocycles. The summed E-state index contributed by atoms with van der Waals surface area (Å²) in [5, 5.41) is 7.71. The minimum absolute atomic E-state index is 0.979. The predicted molar refractivity (Wildman–Crippen MR) is 77.0 cm³/mol. The molecule has 1 aromatic carbocycles. The molecule has 0 saturated heterocycles. The van der Waals surface area contributed by atoms with E-state index in [9.17, 15) is 0 Å². The number of hydrogen-bond donors (Lipinski definition) is 1. The van der Waals surface area contributed by atoms with Crippen molar-refractivity contribution in [2.24, 2.45) is 0 Å². The van der Waals surface area contributed by atoms with Crippen molar-refractivity contribution in [3.8, 4) is 0 Å². The standard InChI is InChI=1S/C16H21N3/c1-4-15-7-6-14(12-16(15)5-1)13-17-8-2-10-19-11-3-9-18-19/h3,6-7,9,11-12,17H,1-2,4-5,8,10,13H2. The lowest BCUT2D eigenvalue weighted by Crippen LogP contribution is -2.16. The summed E-state index contributed by atoms with van der Waals surface area (Å²) >= 11 is 0. The molecule has 0 fully saturated rings. The van der Waals surface area contributed by atoms with Crippen LogP contribution in [0.1, 0.15) is 29.5 Å². The molecule has 0 aliphatic heterocycles. The van der Waals surface area contributed by atoms with Crippen LogP contribution in [0.2, 0.25) is 0 Å². The summed E-state index contributed by atoms with van der Waals surface area (Å²) in [4.78, 5) is 0. The molecule has 0 atom stereocenters. The molecule has 3 nitrogen and oxygen atoms in total. The highest BCUT2D eigenvalue weighted by molar-refractivity contribution is 5.35. The third-order valence-electron chi connectivity index (χ3n) is 3.79. The number of aryl methyl sites for hydroxylation is 3. The maximum absolute atomic E-state index is 4.20. The number of nitrogens with zero attached hydrogens (tertiary/aromatic N) is 2. The van der Waals surface area contributed by atoms with Crippen LogP contribution in [0, 0.1) is 0 Å². The summed E-state index contributed by atoms with van der Waals surface area (Å²) in [5.74, 6) is 0. The Bertz CT molecular complexity index is 517. The zero-order valence-corrected chi connectivity index (χ0v) is 11.3. The lowest BCUT2D eigenvalue weighted by Gasteiger charge is -2.07. The molecule has 1 aromatic heterocycles. The Kier molecular flexibility index (Phi) is 3.94. The van der Waals surface area contributed by atoms with Crippen molar-refractivity contribution in [2.75, 3.05) is 6.54 Å². The van der Waals surface area contributed by atoms with Crippen LogP contribution in [0.3, 0.4) is 0 Å². The minimum atomic E-state index is 0.979. The number of aromatic nitrogens is 2. The van der Waals surface area contributed by atoms with Crippen LogP contribution in [0.25, 0.3) is 0 Å². The number of hydrogen-bond acceptors (Lipinski definition) is 2. The van der Waals surface area contributed by atoms with Crippen molar-refractivity contribution in [3.63, 3.8) is 0 Å². The van der Waals surface area contributed by atoms with E-state index >= 15 is 0 Å². The average Bonchev–Trinajstić information content (AvgIpc) is 3.08. The van der Waals surface area contributed by atoms with Crippen LogP contribution in [0.5, 0.6) is 0 Å². The zero-order valence-electron chi connectivity index (χ0n) is 11.3. The Balaban J connectivity index is 1.40. The molecule has 1 heterocycles. The normalized spacial score (nSPS) is 13.7. The second-order valence-corrected chi connectivity index (χ2v) is 5.26. The van der Waals surface area contributed by atoms with E-state index < -0.39 is 0 Å². The van der Waals surface area contributed by atoms with Gasteiger partial charge in [-0.2, -0.15) is 5.10 Å². The maximum Gasteiger partial charge on any atom is 0.0489 e. The maximum atomic E-state index is 4.20. The first-order chi connectivity index (χ1) is 9.42. The van der Waals surface area contributed by atoms with Crippen molar-refractivity contribution in [1.82, 2.24) is 15.1 Å². The average molecular weight is 255 g/mol. The molecule has 0 radical (unpaired) electrons. The van der Waals surface area contributed by atoms with Gasteiger partial charge in [0.05, 0.1) is 0 Å². The number of benzene rings is 1. The van der Waals surface area contributed by atoms with E-state index in [1.54, 1.807) is 11.1 Å². The first-order valence-electron chi connectivity index (χ1n) is 7.21. The summed E-state index contributed by atoms with van der Waals surface area (Å²) in [7, 11) is 0. The third-order valence-corrected chi connectivity index (χ3v) is 3.79. The van der Waals surface area contributed by atoms with E-state index in [4.69, 9.17) is 0 Å². The van der Waals surface area contributed by atoms with E-state index in [2.05, 4.69) is 28.6 Å². The SMILES string of the molecule is c1cnn(CCCNCc2ccc3c(c2)CCC3)c1. The molecule has 0 amide bonds. The minimum Gasteiger partial charge on any atom is -0.313 e. The largest absolute Gasteiger partial charge is 0.313 e. The molecule has 3 heteroatoms. The van der Waals surface area contributed by atoms with Gasteiger partial charge >= 0.3 is 0 Å². The van der Waals surface area contributed by atoms with E-state index in [0.29, 0.717) is 0 Å². The fourth-order valence-electron chi connectivity index (χ4n) is 2.77. The smallest absolute Gasteiger partial charge is 0.0489 e. The van der Waals surface area contributed by atoms with Gasteiger partial charge in [-0.05, 0) is 55.0 Å². The first-order valence-corrected chi connectivity index (χ1v) is 7.21. The van der Waals surface area contributed by atoms with Crippen LogP contribution in [-0.4, -0.2) is 16.3 Å². The van der Waals surface area contributed by atoms with Crippen molar-refractivity contribution in [1.29, 1.82) is 0 Å². The third kappa shape index (κ3) is 3.24. The summed E-state index contributed by atoms with van der Waals surface area (Å²) in [6, 6.07) is 8.93. The fraction of sp³-hybridized carbons (Fsp3) is 0.438. The summed E-state index contributed by atoms with van der Waals surface area (Å²) < 4.78 is 1.98. The molecule has 1 aliphatic carbocycles. The molecular formula is C16H21N3. The molecule has 3 rings (SSSR count). The summed E-state index contributed by atoms with van der Waals surface area (Å²) in [6.45, 7) is 3.01. The molecule has 0 spiro atoms. The van der Waals surface area contributed by atoms with Crippen LogP contribution < -0.4 is 5.32 Å². The molecule has 0 unspecified atom stereocenters. The van der Waals surface area contributed by atoms with Gasteiger partial charge in [0.1, 0.15) is 0 Å². The van der Waals surface area contributed by atoms with Crippen LogP contribution in [-0.2, 0) is 25.9 Å². The van der Waals surface area contributed by atoms with Crippen LogP contribution in [0.15, 0.2) is 36.7 Å². The summed E-state index contributed by atoms with van der Waals surface area (Å²) in [6.07, 6.45) is 8.83. The second kappa shape index (κ2) is 6.02. The van der Waals surface area contributed by atoms with Crippen LogP contribution in [0.4, 0.5) is 0 Å². The number of nitrogens with one attached hydrogen (secondary N) is 1. The Hall–Kier alpha value is -1.61. The zero-order chi connectivity index (χ0) is 12.9. The van der Waals surface area contributed by atoms with E-state index in [1.807, 2.05) is 23.1 Å². The van der Waals surface area contributed by atoms with Crippen molar-refractivity contribution in [2.45, 2.75) is 38.8 Å². The topological polar surface area (TPSA) is 29.9 Å². The highest BCUT2D eigenvalue weighted by atomic mass is 15.3. The highest BCUT2D eigenvalue weighted by Crippen LogP contribution is 2.22. The molecule has 1 N–H and O–H groups in total. The molecule has 100 valence electrons. The van der Waals surface area contributed by atoms with Gasteiger partial charge in [-0.25, -0.2) is 0 Å². The Morgan fingerprint density at radius 2 is 2.16 bits per heavy atom. The summed E-state index contributed by atoms with van der Waals surface area (Å²) in [5.41, 5.74) is 4.54.